The van der Waals surface area contributed by atoms with Gasteiger partial charge in [-0.2, -0.15) is 0 Å². The highest BCUT2D eigenvalue weighted by Crippen LogP contribution is 2.31. The smallest absolute Gasteiger partial charge is 0.250 e. The number of carbonyl (C=O) groups is 2. The average Bonchev–Trinajstić information content (AvgIpc) is 3.09. The molecule has 3 N–H and O–H groups in total. The molecule has 8 nitrogen and oxygen atoms in total. The van der Waals surface area contributed by atoms with Crippen molar-refractivity contribution in [3.63, 3.8) is 0 Å². The Morgan fingerprint density at radius 2 is 1.94 bits per heavy atom. The molecule has 0 saturated carbocycles. The number of nitrogens with two attached hydrogens (primary N) is 1. The van der Waals surface area contributed by atoms with Crippen LogP contribution in [0.15, 0.2) is 24.3 Å². The lowest BCUT2D eigenvalue weighted by Gasteiger charge is -2.32. The van der Waals surface area contributed by atoms with Crippen LogP contribution in [0.2, 0.25) is 0 Å². The molecule has 2 aliphatic rings. The predicted octanol–water partition coefficient (Wildman–Crippen LogP) is 0.955. The van der Waals surface area contributed by atoms with Crippen LogP contribution in [-0.4, -0.2) is 67.3 Å². The van der Waals surface area contributed by atoms with Crippen LogP contribution in [0.3, 0.4) is 0 Å². The zero-order valence-corrected chi connectivity index (χ0v) is 17.8. The van der Waals surface area contributed by atoms with Crippen LogP contribution >= 0.6 is 0 Å². The lowest BCUT2D eigenvalue weighted by Crippen LogP contribution is -2.45. The average molecular weight is 449 g/mol. The maximum atomic E-state index is 13.5. The van der Waals surface area contributed by atoms with Gasteiger partial charge in [-0.05, 0) is 43.5 Å². The number of carbonyl (C=O) groups excluding carboxylic acids is 2. The summed E-state index contributed by atoms with van der Waals surface area (Å²) in [4.78, 5) is 30.9. The van der Waals surface area contributed by atoms with Crippen LogP contribution in [0.5, 0.6) is 0 Å². The Balaban J connectivity index is 1.40. The fourth-order valence-electron chi connectivity index (χ4n) is 4.37. The van der Waals surface area contributed by atoms with Crippen molar-refractivity contribution in [2.75, 3.05) is 31.1 Å². The maximum Gasteiger partial charge on any atom is 0.250 e. The van der Waals surface area contributed by atoms with Gasteiger partial charge in [0.25, 0.3) is 5.91 Å². The molecule has 2 amide bonds. The number of primary amides is 1. The molecule has 1 unspecified atom stereocenters. The summed E-state index contributed by atoms with van der Waals surface area (Å²) in [5, 5.41) is 3.57. The van der Waals surface area contributed by atoms with Gasteiger partial charge in [-0.3, -0.25) is 14.6 Å². The number of hydrogen-bond donors (Lipinski definition) is 2. The van der Waals surface area contributed by atoms with Crippen LogP contribution in [0.4, 0.5) is 4.39 Å². The van der Waals surface area contributed by atoms with Crippen LogP contribution < -0.4 is 11.1 Å². The summed E-state index contributed by atoms with van der Waals surface area (Å²) in [6.07, 6.45) is 1.79. The standard InChI is InChI=1S/C21H25FN4O4S/c22-15-1-2-18-14(9-15)10-17(21(23)28)20(25-18)13-3-6-26(7-4-13)19(27)11-24-16-5-8-31(29,30)12-16/h1-2,9-10,13,16,24H,3-8,11-12H2,(H2,23,28). The van der Waals surface area contributed by atoms with Crippen molar-refractivity contribution in [3.8, 4) is 0 Å². The van der Waals surface area contributed by atoms with Gasteiger partial charge in [-0.1, -0.05) is 0 Å². The number of nitrogens with zero attached hydrogens (tertiary/aromatic N) is 2. The zero-order chi connectivity index (χ0) is 22.2. The molecule has 4 rings (SSSR count). The number of sulfone groups is 1. The van der Waals surface area contributed by atoms with E-state index in [0.717, 1.165) is 0 Å². The van der Waals surface area contributed by atoms with Crippen molar-refractivity contribution >= 4 is 32.6 Å². The first-order valence-corrected chi connectivity index (χ1v) is 12.2. The number of rotatable bonds is 5. The molecule has 10 heteroatoms. The Hall–Kier alpha value is -2.59. The first-order chi connectivity index (χ1) is 14.7. The van der Waals surface area contributed by atoms with E-state index < -0.39 is 21.6 Å². The molecule has 1 atom stereocenters. The number of benzene rings is 1. The number of fused-ring (bicyclic) bond motifs is 1. The topological polar surface area (TPSA) is 122 Å². The quantitative estimate of drug-likeness (QED) is 0.702. The number of likely N-dealkylation sites (tertiary alicyclic amines) is 1. The molecule has 166 valence electrons. The SMILES string of the molecule is NC(=O)c1cc2cc(F)ccc2nc1C1CCN(C(=O)CNC2CCS(=O)(=O)C2)CC1. The van der Waals surface area contributed by atoms with Crippen molar-refractivity contribution in [1.82, 2.24) is 15.2 Å². The van der Waals surface area contributed by atoms with Gasteiger partial charge in [-0.25, -0.2) is 12.8 Å². The van der Waals surface area contributed by atoms with Crippen molar-refractivity contribution < 1.29 is 22.4 Å². The largest absolute Gasteiger partial charge is 0.366 e. The Kier molecular flexibility index (Phi) is 5.94. The van der Waals surface area contributed by atoms with E-state index in [-0.39, 0.29) is 41.5 Å². The summed E-state index contributed by atoms with van der Waals surface area (Å²) in [5.41, 5.74) is 7.02. The highest BCUT2D eigenvalue weighted by atomic mass is 32.2. The molecule has 2 saturated heterocycles. The van der Waals surface area contributed by atoms with E-state index in [1.165, 1.54) is 12.1 Å². The number of halogens is 1. The van der Waals surface area contributed by atoms with E-state index in [1.807, 2.05) is 0 Å². The molecule has 0 aliphatic carbocycles. The minimum atomic E-state index is -2.99. The summed E-state index contributed by atoms with van der Waals surface area (Å²) in [5.74, 6) is -0.877. The summed E-state index contributed by atoms with van der Waals surface area (Å²) in [6.45, 7) is 1.13. The van der Waals surface area contributed by atoms with E-state index in [9.17, 15) is 22.4 Å². The van der Waals surface area contributed by atoms with Gasteiger partial charge in [0.1, 0.15) is 5.82 Å². The highest BCUT2D eigenvalue weighted by Gasteiger charge is 2.30. The van der Waals surface area contributed by atoms with Gasteiger partial charge in [0.2, 0.25) is 5.91 Å². The van der Waals surface area contributed by atoms with Gasteiger partial charge in [0, 0.05) is 30.4 Å². The second-order valence-electron chi connectivity index (χ2n) is 8.26. The summed E-state index contributed by atoms with van der Waals surface area (Å²) in [7, 11) is -2.99. The van der Waals surface area contributed by atoms with Crippen molar-refractivity contribution in [3.05, 3.63) is 41.3 Å². The third-order valence-corrected chi connectivity index (χ3v) is 7.85. The number of nitrogens with one attached hydrogen (secondary N) is 1. The summed E-state index contributed by atoms with van der Waals surface area (Å²) >= 11 is 0. The normalized spacial score (nSPS) is 21.5. The molecular formula is C21H25FN4O4S. The number of aromatic nitrogens is 1. The second kappa shape index (κ2) is 8.51. The van der Waals surface area contributed by atoms with E-state index in [0.29, 0.717) is 48.9 Å². The minimum absolute atomic E-state index is 0.0334. The first-order valence-electron chi connectivity index (χ1n) is 10.3. The number of hydrogen-bond acceptors (Lipinski definition) is 6. The van der Waals surface area contributed by atoms with E-state index in [1.54, 1.807) is 17.0 Å². The van der Waals surface area contributed by atoms with E-state index >= 15 is 0 Å². The number of pyridine rings is 1. The van der Waals surface area contributed by atoms with E-state index in [2.05, 4.69) is 10.3 Å². The van der Waals surface area contributed by atoms with E-state index in [4.69, 9.17) is 5.73 Å². The number of amides is 2. The summed E-state index contributed by atoms with van der Waals surface area (Å²) < 4.78 is 36.6. The van der Waals surface area contributed by atoms with Gasteiger partial charge in [-0.15, -0.1) is 0 Å². The van der Waals surface area contributed by atoms with Gasteiger partial charge in [0.15, 0.2) is 9.84 Å². The lowest BCUT2D eigenvalue weighted by atomic mass is 9.89. The van der Waals surface area contributed by atoms with Crippen LogP contribution in [-0.2, 0) is 14.6 Å². The van der Waals surface area contributed by atoms with Crippen LogP contribution in [0, 0.1) is 5.82 Å². The Morgan fingerprint density at radius 3 is 2.58 bits per heavy atom. The molecule has 2 fully saturated rings. The molecule has 0 spiro atoms. The lowest BCUT2D eigenvalue weighted by molar-refractivity contribution is -0.131. The molecule has 31 heavy (non-hydrogen) atoms. The third kappa shape index (κ3) is 4.85. The molecule has 0 radical (unpaired) electrons. The van der Waals surface area contributed by atoms with Crippen molar-refractivity contribution in [2.24, 2.45) is 5.73 Å². The van der Waals surface area contributed by atoms with Gasteiger partial charge < -0.3 is 16.0 Å². The maximum absolute atomic E-state index is 13.5. The molecular weight excluding hydrogens is 423 g/mol. The predicted molar refractivity (Wildman–Crippen MR) is 114 cm³/mol. The number of piperidine rings is 1. The zero-order valence-electron chi connectivity index (χ0n) is 17.0. The highest BCUT2D eigenvalue weighted by molar-refractivity contribution is 7.91. The Bertz CT molecular complexity index is 1130. The molecule has 3 heterocycles. The van der Waals surface area contributed by atoms with Crippen molar-refractivity contribution in [2.45, 2.75) is 31.2 Å². The van der Waals surface area contributed by atoms with Crippen molar-refractivity contribution in [1.29, 1.82) is 0 Å². The fourth-order valence-corrected chi connectivity index (χ4v) is 6.08. The second-order valence-corrected chi connectivity index (χ2v) is 10.5. The Labute approximate surface area is 179 Å². The fraction of sp³-hybridized carbons (Fsp3) is 0.476. The van der Waals surface area contributed by atoms with Gasteiger partial charge >= 0.3 is 0 Å². The summed E-state index contributed by atoms with van der Waals surface area (Å²) in [6, 6.07) is 5.64. The van der Waals surface area contributed by atoms with Gasteiger partial charge in [0.05, 0.1) is 34.8 Å². The molecule has 2 aliphatic heterocycles. The Morgan fingerprint density at radius 1 is 1.19 bits per heavy atom. The first kappa shape index (κ1) is 21.6. The van der Waals surface area contributed by atoms with Crippen LogP contribution in [0.1, 0.15) is 41.2 Å². The monoisotopic (exact) mass is 448 g/mol. The van der Waals surface area contributed by atoms with Crippen LogP contribution in [0.25, 0.3) is 10.9 Å². The third-order valence-electron chi connectivity index (χ3n) is 6.08. The minimum Gasteiger partial charge on any atom is -0.366 e. The molecule has 1 aromatic heterocycles. The molecule has 0 bridgehead atoms. The molecule has 1 aromatic carbocycles. The molecule has 2 aromatic rings.